The molecule has 1 aromatic rings. The average molecular weight is 269 g/mol. The highest BCUT2D eigenvalue weighted by atomic mass is 79.9. The number of aryl methyl sites for hydroxylation is 1. The molecule has 0 heterocycles. The van der Waals surface area contributed by atoms with E-state index >= 15 is 0 Å². The third-order valence-corrected chi connectivity index (χ3v) is 3.02. The fraction of sp³-hybridized carbons (Fsp3) is 0.571. The zero-order chi connectivity index (χ0) is 11.5. The van der Waals surface area contributed by atoms with Gasteiger partial charge in [0.2, 0.25) is 0 Å². The number of halogens is 1. The summed E-state index contributed by atoms with van der Waals surface area (Å²) in [7, 11) is 0. The highest BCUT2D eigenvalue weighted by Gasteiger charge is 2.16. The van der Waals surface area contributed by atoms with E-state index in [1.807, 2.05) is 0 Å². The summed E-state index contributed by atoms with van der Waals surface area (Å²) in [6, 6.07) is 8.78. The van der Waals surface area contributed by atoms with Gasteiger partial charge in [-0.3, -0.25) is 0 Å². The first kappa shape index (κ1) is 12.8. The standard InChI is InChI=1S/C14H21Br/c1-11-6-5-7-12(8-11)9-13(15)10-14(2,3)4/h5-8,13H,9-10H2,1-4H3. The van der Waals surface area contributed by atoms with Crippen molar-refractivity contribution in [2.24, 2.45) is 5.41 Å². The third-order valence-electron chi connectivity index (χ3n) is 2.37. The second-order valence-electron chi connectivity index (χ2n) is 5.56. The average Bonchev–Trinajstić information content (AvgIpc) is 1.99. The van der Waals surface area contributed by atoms with Gasteiger partial charge < -0.3 is 0 Å². The molecule has 0 saturated carbocycles. The Morgan fingerprint density at radius 2 is 1.93 bits per heavy atom. The summed E-state index contributed by atoms with van der Waals surface area (Å²) in [4.78, 5) is 0.583. The van der Waals surface area contributed by atoms with Gasteiger partial charge in [0.15, 0.2) is 0 Å². The lowest BCUT2D eigenvalue weighted by Crippen LogP contribution is -2.14. The maximum atomic E-state index is 3.77. The summed E-state index contributed by atoms with van der Waals surface area (Å²) in [6.07, 6.45) is 2.33. The number of benzene rings is 1. The molecule has 0 N–H and O–H groups in total. The van der Waals surface area contributed by atoms with E-state index in [0.717, 1.165) is 6.42 Å². The van der Waals surface area contributed by atoms with E-state index in [0.29, 0.717) is 10.2 Å². The Morgan fingerprint density at radius 1 is 1.27 bits per heavy atom. The van der Waals surface area contributed by atoms with Crippen molar-refractivity contribution in [3.05, 3.63) is 35.4 Å². The topological polar surface area (TPSA) is 0 Å². The van der Waals surface area contributed by atoms with Crippen LogP contribution in [0.4, 0.5) is 0 Å². The molecule has 0 aliphatic rings. The Morgan fingerprint density at radius 3 is 2.47 bits per heavy atom. The molecule has 0 nitrogen and oxygen atoms in total. The van der Waals surface area contributed by atoms with Gasteiger partial charge in [0.25, 0.3) is 0 Å². The van der Waals surface area contributed by atoms with Gasteiger partial charge in [0.05, 0.1) is 0 Å². The molecule has 1 unspecified atom stereocenters. The van der Waals surface area contributed by atoms with Crippen LogP contribution >= 0.6 is 15.9 Å². The van der Waals surface area contributed by atoms with Crippen molar-refractivity contribution in [2.45, 2.75) is 45.4 Å². The summed E-state index contributed by atoms with van der Waals surface area (Å²) in [5.41, 5.74) is 3.18. The fourth-order valence-corrected chi connectivity index (χ4v) is 3.18. The molecular weight excluding hydrogens is 248 g/mol. The van der Waals surface area contributed by atoms with Crippen LogP contribution in [0.3, 0.4) is 0 Å². The molecule has 0 fully saturated rings. The Hall–Kier alpha value is -0.300. The fourth-order valence-electron chi connectivity index (χ4n) is 1.83. The molecule has 0 aromatic heterocycles. The van der Waals surface area contributed by atoms with Crippen LogP contribution in [-0.4, -0.2) is 4.83 Å². The molecule has 0 amide bonds. The molecule has 1 rings (SSSR count). The van der Waals surface area contributed by atoms with Gasteiger partial charge in [0.1, 0.15) is 0 Å². The number of hydrogen-bond acceptors (Lipinski definition) is 0. The monoisotopic (exact) mass is 268 g/mol. The zero-order valence-corrected chi connectivity index (χ0v) is 11.8. The van der Waals surface area contributed by atoms with Crippen LogP contribution in [0.5, 0.6) is 0 Å². The summed E-state index contributed by atoms with van der Waals surface area (Å²) < 4.78 is 0. The number of alkyl halides is 1. The molecule has 0 aliphatic carbocycles. The van der Waals surface area contributed by atoms with Crippen molar-refractivity contribution >= 4 is 15.9 Å². The predicted octanol–water partition coefficient (Wildman–Crippen LogP) is 4.74. The quantitative estimate of drug-likeness (QED) is 0.695. The maximum Gasteiger partial charge on any atom is 0.0191 e. The van der Waals surface area contributed by atoms with Crippen LogP contribution in [0.15, 0.2) is 24.3 Å². The van der Waals surface area contributed by atoms with E-state index in [1.165, 1.54) is 17.5 Å². The molecule has 15 heavy (non-hydrogen) atoms. The van der Waals surface area contributed by atoms with E-state index in [2.05, 4.69) is 67.9 Å². The van der Waals surface area contributed by atoms with Crippen molar-refractivity contribution in [1.29, 1.82) is 0 Å². The molecule has 1 heteroatoms. The van der Waals surface area contributed by atoms with E-state index in [-0.39, 0.29) is 0 Å². The smallest absolute Gasteiger partial charge is 0.0191 e. The van der Waals surface area contributed by atoms with Gasteiger partial charge in [-0.25, -0.2) is 0 Å². The Bertz CT molecular complexity index is 309. The molecule has 84 valence electrons. The first-order valence-corrected chi connectivity index (χ1v) is 6.48. The molecule has 0 bridgehead atoms. The Labute approximate surface area is 102 Å². The van der Waals surface area contributed by atoms with Crippen molar-refractivity contribution in [3.63, 3.8) is 0 Å². The highest BCUT2D eigenvalue weighted by Crippen LogP contribution is 2.26. The van der Waals surface area contributed by atoms with Crippen LogP contribution in [0.25, 0.3) is 0 Å². The van der Waals surface area contributed by atoms with Crippen LogP contribution in [-0.2, 0) is 6.42 Å². The molecule has 0 aliphatic heterocycles. The molecule has 1 atom stereocenters. The number of hydrogen-bond donors (Lipinski definition) is 0. The highest BCUT2D eigenvalue weighted by molar-refractivity contribution is 9.09. The van der Waals surface area contributed by atoms with Crippen LogP contribution < -0.4 is 0 Å². The molecule has 1 aromatic carbocycles. The van der Waals surface area contributed by atoms with E-state index in [4.69, 9.17) is 0 Å². The summed E-state index contributed by atoms with van der Waals surface area (Å²) in [5.74, 6) is 0. The molecule has 0 saturated heterocycles. The van der Waals surface area contributed by atoms with Gasteiger partial charge in [0, 0.05) is 4.83 Å². The van der Waals surface area contributed by atoms with Gasteiger partial charge in [-0.05, 0) is 30.7 Å². The minimum absolute atomic E-state index is 0.401. The molecule has 0 radical (unpaired) electrons. The second kappa shape index (κ2) is 5.16. The SMILES string of the molecule is Cc1cccc(CC(Br)CC(C)(C)C)c1. The molecular formula is C14H21Br. The Balaban J connectivity index is 2.55. The van der Waals surface area contributed by atoms with Gasteiger partial charge in [-0.1, -0.05) is 66.5 Å². The van der Waals surface area contributed by atoms with Crippen molar-refractivity contribution < 1.29 is 0 Å². The third kappa shape index (κ3) is 5.36. The van der Waals surface area contributed by atoms with Gasteiger partial charge in [-0.2, -0.15) is 0 Å². The van der Waals surface area contributed by atoms with E-state index in [1.54, 1.807) is 0 Å². The largest absolute Gasteiger partial charge is 0.0887 e. The van der Waals surface area contributed by atoms with Crippen LogP contribution in [0.1, 0.15) is 38.3 Å². The number of rotatable bonds is 3. The summed E-state index contributed by atoms with van der Waals surface area (Å²) >= 11 is 3.77. The predicted molar refractivity (Wildman–Crippen MR) is 71.7 cm³/mol. The molecule has 0 spiro atoms. The second-order valence-corrected chi connectivity index (χ2v) is 6.85. The zero-order valence-electron chi connectivity index (χ0n) is 10.2. The van der Waals surface area contributed by atoms with Crippen LogP contribution in [0.2, 0.25) is 0 Å². The summed E-state index contributed by atoms with van der Waals surface area (Å²) in [5, 5.41) is 0. The maximum absolute atomic E-state index is 3.77. The van der Waals surface area contributed by atoms with Gasteiger partial charge >= 0.3 is 0 Å². The minimum Gasteiger partial charge on any atom is -0.0887 e. The Kier molecular flexibility index (Phi) is 4.39. The van der Waals surface area contributed by atoms with E-state index < -0.39 is 0 Å². The lowest BCUT2D eigenvalue weighted by molar-refractivity contribution is 0.373. The first-order chi connectivity index (χ1) is 6.87. The van der Waals surface area contributed by atoms with Crippen LogP contribution in [0, 0.1) is 12.3 Å². The van der Waals surface area contributed by atoms with Crippen molar-refractivity contribution in [1.82, 2.24) is 0 Å². The van der Waals surface area contributed by atoms with Gasteiger partial charge in [-0.15, -0.1) is 0 Å². The normalized spacial score (nSPS) is 13.9. The lowest BCUT2D eigenvalue weighted by Gasteiger charge is -2.22. The lowest BCUT2D eigenvalue weighted by atomic mass is 9.89. The first-order valence-electron chi connectivity index (χ1n) is 5.56. The van der Waals surface area contributed by atoms with E-state index in [9.17, 15) is 0 Å². The van der Waals surface area contributed by atoms with Crippen molar-refractivity contribution in [2.75, 3.05) is 0 Å². The summed E-state index contributed by atoms with van der Waals surface area (Å²) in [6.45, 7) is 9.02. The minimum atomic E-state index is 0.401. The van der Waals surface area contributed by atoms with Crippen molar-refractivity contribution in [3.8, 4) is 0 Å².